The molecule has 0 N–H and O–H groups in total. The average Bonchev–Trinajstić information content (AvgIpc) is 3.05. The third-order valence-corrected chi connectivity index (χ3v) is 6.64. The van der Waals surface area contributed by atoms with E-state index in [4.69, 9.17) is 28.4 Å². The van der Waals surface area contributed by atoms with Crippen LogP contribution < -0.4 is 9.47 Å². The van der Waals surface area contributed by atoms with Gasteiger partial charge in [-0.25, -0.2) is 19.2 Å². The summed E-state index contributed by atoms with van der Waals surface area (Å²) in [6, 6.07) is 18.5. The Morgan fingerprint density at radius 3 is 1.20 bits per heavy atom. The van der Waals surface area contributed by atoms with E-state index in [2.05, 4.69) is 25.3 Å². The van der Waals surface area contributed by atoms with Gasteiger partial charge in [0.05, 0.1) is 26.4 Å². The van der Waals surface area contributed by atoms with Gasteiger partial charge in [0.25, 0.3) is 0 Å². The second kappa shape index (κ2) is 18.4. The van der Waals surface area contributed by atoms with Gasteiger partial charge >= 0.3 is 24.2 Å². The molecule has 0 aliphatic rings. The normalized spacial score (nSPS) is 10.3. The molecule has 3 rings (SSSR count). The quantitative estimate of drug-likeness (QED) is 0.0511. The number of carbonyl (C=O) groups excluding carboxylic acids is 4. The number of rotatable bonds is 16. The molecule has 10 heteroatoms. The number of aryl methyl sites for hydroxylation is 2. The van der Waals surface area contributed by atoms with Crippen LogP contribution in [0.15, 0.2) is 86.0 Å². The Labute approximate surface area is 268 Å². The Hall–Kier alpha value is -5.38. The highest BCUT2D eigenvalue weighted by molar-refractivity contribution is 5.81. The van der Waals surface area contributed by atoms with Crippen molar-refractivity contribution in [3.63, 3.8) is 0 Å². The van der Waals surface area contributed by atoms with Gasteiger partial charge in [-0.05, 0) is 97.2 Å². The number of benzene rings is 3. The van der Waals surface area contributed by atoms with Crippen molar-refractivity contribution in [1.82, 2.24) is 0 Å². The highest BCUT2D eigenvalue weighted by atomic mass is 16.7. The van der Waals surface area contributed by atoms with Crippen LogP contribution in [-0.4, -0.2) is 50.7 Å². The van der Waals surface area contributed by atoms with Gasteiger partial charge in [0.2, 0.25) is 0 Å². The van der Waals surface area contributed by atoms with Crippen LogP contribution in [0.1, 0.15) is 36.8 Å². The number of hydrogen-bond donors (Lipinski definition) is 0. The minimum atomic E-state index is -0.804. The first-order chi connectivity index (χ1) is 22.2. The Morgan fingerprint density at radius 2 is 0.870 bits per heavy atom. The number of carbonyl (C=O) groups is 4. The van der Waals surface area contributed by atoms with Crippen LogP contribution in [0.4, 0.5) is 9.59 Å². The molecule has 0 fully saturated rings. The summed E-state index contributed by atoms with van der Waals surface area (Å²) in [7, 11) is 0. The predicted octanol–water partition coefficient (Wildman–Crippen LogP) is 7.69. The molecule has 0 spiro atoms. The Bertz CT molecular complexity index is 1390. The maximum Gasteiger partial charge on any atom is 0.513 e. The molecular formula is C36H38O10. The molecule has 242 valence electrons. The molecule has 0 amide bonds. The molecule has 46 heavy (non-hydrogen) atoms. The van der Waals surface area contributed by atoms with Crippen LogP contribution in [0.25, 0.3) is 22.3 Å². The maximum absolute atomic E-state index is 12.0. The van der Waals surface area contributed by atoms with E-state index in [9.17, 15) is 19.2 Å². The summed E-state index contributed by atoms with van der Waals surface area (Å²) in [5.74, 6) is -0.254. The fourth-order valence-corrected chi connectivity index (χ4v) is 4.28. The van der Waals surface area contributed by atoms with Gasteiger partial charge in [-0.2, -0.15) is 0 Å². The van der Waals surface area contributed by atoms with Gasteiger partial charge in [0.15, 0.2) is 0 Å². The summed E-state index contributed by atoms with van der Waals surface area (Å²) in [4.78, 5) is 46.0. The number of ether oxygens (including phenoxy) is 6. The standard InChI is InChI=1S/C36H38O10/c1-5-33(37)41-19-7-9-21-43-35(39)45-29-15-11-27(12-16-29)31-23-26(4)32(24-25(31)3)28-13-17-30(18-14-28)46-36(40)44-22-10-8-20-42-34(38)6-2/h5-6,11-18,23-24H,1-2,7-10,19-22H2,3-4H3. The Balaban J connectivity index is 1.49. The van der Waals surface area contributed by atoms with E-state index in [1.807, 2.05) is 38.1 Å². The van der Waals surface area contributed by atoms with Crippen molar-refractivity contribution >= 4 is 24.2 Å². The van der Waals surface area contributed by atoms with Crippen molar-refractivity contribution in [3.05, 3.63) is 97.1 Å². The molecule has 3 aromatic carbocycles. The third-order valence-electron chi connectivity index (χ3n) is 6.64. The van der Waals surface area contributed by atoms with Crippen molar-refractivity contribution in [1.29, 1.82) is 0 Å². The van der Waals surface area contributed by atoms with Crippen LogP contribution >= 0.6 is 0 Å². The highest BCUT2D eigenvalue weighted by Crippen LogP contribution is 2.33. The predicted molar refractivity (Wildman–Crippen MR) is 172 cm³/mol. The van der Waals surface area contributed by atoms with Crippen LogP contribution in [-0.2, 0) is 28.5 Å². The lowest BCUT2D eigenvalue weighted by atomic mass is 9.92. The average molecular weight is 631 g/mol. The number of unbranched alkanes of at least 4 members (excludes halogenated alkanes) is 2. The van der Waals surface area contributed by atoms with E-state index in [0.29, 0.717) is 37.2 Å². The molecule has 0 bridgehead atoms. The second-order valence-corrected chi connectivity index (χ2v) is 10.1. The number of esters is 2. The summed E-state index contributed by atoms with van der Waals surface area (Å²) < 4.78 is 30.4. The lowest BCUT2D eigenvalue weighted by Gasteiger charge is -2.14. The van der Waals surface area contributed by atoms with Crippen molar-refractivity contribution in [2.75, 3.05) is 26.4 Å². The van der Waals surface area contributed by atoms with Crippen molar-refractivity contribution in [3.8, 4) is 33.8 Å². The Kier molecular flexibility index (Phi) is 14.1. The zero-order chi connectivity index (χ0) is 33.3. The fourth-order valence-electron chi connectivity index (χ4n) is 4.28. The molecule has 10 nitrogen and oxygen atoms in total. The first-order valence-corrected chi connectivity index (χ1v) is 14.8. The van der Waals surface area contributed by atoms with Crippen molar-refractivity contribution in [2.45, 2.75) is 39.5 Å². The third kappa shape index (κ3) is 11.6. The zero-order valence-electron chi connectivity index (χ0n) is 26.1. The SMILES string of the molecule is C=CC(=O)OCCCCOC(=O)Oc1ccc(-c2cc(C)c(-c3ccc(OC(=O)OCCCCOC(=O)C=C)cc3)cc2C)cc1. The summed E-state index contributed by atoms with van der Waals surface area (Å²) in [5, 5.41) is 0. The molecule has 0 atom stereocenters. The van der Waals surface area contributed by atoms with Crippen molar-refractivity contribution in [2.24, 2.45) is 0 Å². The molecule has 0 radical (unpaired) electrons. The van der Waals surface area contributed by atoms with Gasteiger partial charge in [0, 0.05) is 12.2 Å². The Morgan fingerprint density at radius 1 is 0.543 bits per heavy atom. The summed E-state index contributed by atoms with van der Waals surface area (Å²) in [5.41, 5.74) is 6.10. The van der Waals surface area contributed by atoms with Crippen LogP contribution in [0.2, 0.25) is 0 Å². The van der Waals surface area contributed by atoms with Gasteiger partial charge < -0.3 is 28.4 Å². The van der Waals surface area contributed by atoms with Gasteiger partial charge in [-0.1, -0.05) is 49.6 Å². The summed E-state index contributed by atoms with van der Waals surface area (Å²) in [6.45, 7) is 11.4. The second-order valence-electron chi connectivity index (χ2n) is 10.1. The first kappa shape index (κ1) is 35.1. The summed E-state index contributed by atoms with van der Waals surface area (Å²) >= 11 is 0. The van der Waals surface area contributed by atoms with Crippen LogP contribution in [0, 0.1) is 13.8 Å². The van der Waals surface area contributed by atoms with Gasteiger partial charge in [0.1, 0.15) is 11.5 Å². The maximum atomic E-state index is 12.0. The first-order valence-electron chi connectivity index (χ1n) is 14.8. The molecule has 0 aliphatic carbocycles. The van der Waals surface area contributed by atoms with E-state index < -0.39 is 24.2 Å². The molecule has 3 aromatic rings. The van der Waals surface area contributed by atoms with E-state index in [0.717, 1.165) is 45.5 Å². The van der Waals surface area contributed by atoms with Crippen molar-refractivity contribution < 1.29 is 47.6 Å². The largest absolute Gasteiger partial charge is 0.513 e. The molecule has 0 aliphatic heterocycles. The smallest absolute Gasteiger partial charge is 0.463 e. The monoisotopic (exact) mass is 630 g/mol. The molecule has 0 saturated heterocycles. The van der Waals surface area contributed by atoms with Gasteiger partial charge in [-0.15, -0.1) is 0 Å². The fraction of sp³-hybridized carbons (Fsp3) is 0.278. The van der Waals surface area contributed by atoms with Gasteiger partial charge in [-0.3, -0.25) is 0 Å². The minimum absolute atomic E-state index is 0.148. The van der Waals surface area contributed by atoms with E-state index in [-0.39, 0.29) is 26.4 Å². The molecule has 0 heterocycles. The molecule has 0 unspecified atom stereocenters. The van der Waals surface area contributed by atoms with E-state index >= 15 is 0 Å². The number of hydrogen-bond acceptors (Lipinski definition) is 10. The van der Waals surface area contributed by atoms with E-state index in [1.54, 1.807) is 24.3 Å². The highest BCUT2D eigenvalue weighted by Gasteiger charge is 2.12. The molecular weight excluding hydrogens is 592 g/mol. The summed E-state index contributed by atoms with van der Waals surface area (Å²) in [6.07, 6.45) is 2.74. The molecule has 0 saturated carbocycles. The van der Waals surface area contributed by atoms with Crippen LogP contribution in [0.3, 0.4) is 0 Å². The topological polar surface area (TPSA) is 124 Å². The lowest BCUT2D eigenvalue weighted by molar-refractivity contribution is -0.138. The zero-order valence-corrected chi connectivity index (χ0v) is 26.1. The molecule has 0 aromatic heterocycles. The van der Waals surface area contributed by atoms with Crippen LogP contribution in [0.5, 0.6) is 11.5 Å². The minimum Gasteiger partial charge on any atom is -0.463 e. The van der Waals surface area contributed by atoms with E-state index in [1.165, 1.54) is 0 Å². The lowest BCUT2D eigenvalue weighted by Crippen LogP contribution is -2.12.